The maximum atomic E-state index is 10.5. The number of hydrogen-bond acceptors (Lipinski definition) is 4. The molecule has 1 rings (SSSR count). The van der Waals surface area contributed by atoms with Crippen molar-refractivity contribution in [2.75, 3.05) is 6.54 Å². The second-order valence-electron chi connectivity index (χ2n) is 4.01. The zero-order chi connectivity index (χ0) is 14.1. The highest BCUT2D eigenvalue weighted by Crippen LogP contribution is 2.25. The topological polar surface area (TPSA) is 165 Å². The average molecular weight is 262 g/mol. The van der Waals surface area contributed by atoms with E-state index in [-0.39, 0.29) is 16.9 Å². The predicted molar refractivity (Wildman–Crippen MR) is 64.1 cm³/mol. The molecule has 6 N–H and O–H groups in total. The Labute approximate surface area is 104 Å². The molecule has 0 aliphatic heterocycles. The fourth-order valence-corrected chi connectivity index (χ4v) is 1.77. The summed E-state index contributed by atoms with van der Waals surface area (Å²) in [4.78, 5) is 22.8. The Balaban J connectivity index is 0.000000631. The molecule has 0 bridgehead atoms. The van der Waals surface area contributed by atoms with Gasteiger partial charge in [-0.3, -0.25) is 15.1 Å². The van der Waals surface area contributed by atoms with Crippen LogP contribution in [0, 0.1) is 16.0 Å². The van der Waals surface area contributed by atoms with Gasteiger partial charge in [0.15, 0.2) is 5.96 Å². The lowest BCUT2D eigenvalue weighted by Gasteiger charge is -2.22. The number of nitrogens with zero attached hydrogens (tertiary/aromatic N) is 2. The summed E-state index contributed by atoms with van der Waals surface area (Å²) >= 11 is 0. The van der Waals surface area contributed by atoms with Crippen LogP contribution in [-0.2, 0) is 0 Å². The Morgan fingerprint density at radius 1 is 1.28 bits per heavy atom. The number of hydrogen-bond donors (Lipinski definition) is 4. The van der Waals surface area contributed by atoms with Gasteiger partial charge in [0.25, 0.3) is 0 Å². The van der Waals surface area contributed by atoms with E-state index in [1.807, 2.05) is 0 Å². The minimum absolute atomic E-state index is 0.0985. The molecule has 0 aromatic heterocycles. The maximum absolute atomic E-state index is 10.5. The van der Waals surface area contributed by atoms with E-state index in [1.54, 1.807) is 0 Å². The van der Waals surface area contributed by atoms with Crippen molar-refractivity contribution in [2.45, 2.75) is 31.7 Å². The van der Waals surface area contributed by atoms with Crippen LogP contribution in [-0.4, -0.2) is 39.8 Å². The molecule has 1 aliphatic carbocycles. The summed E-state index contributed by atoms with van der Waals surface area (Å²) in [5.74, 6) is 0.509. The quantitative estimate of drug-likeness (QED) is 0.246. The standard InChI is InChI=1S/C8H16N4O2.CH2O3/c9-8(10)11-5-6-1-3-7(4-2-6)12(13)14;2-1(3)4/h6-7H,1-5H2,(H4,9,10,11);(H2,2,3,4). The van der Waals surface area contributed by atoms with Crippen molar-refractivity contribution in [3.8, 4) is 0 Å². The van der Waals surface area contributed by atoms with Gasteiger partial charge in [-0.25, -0.2) is 4.79 Å². The van der Waals surface area contributed by atoms with Gasteiger partial charge in [0.2, 0.25) is 6.04 Å². The molecular formula is C9H18N4O5. The first kappa shape index (κ1) is 15.9. The van der Waals surface area contributed by atoms with Gasteiger partial charge >= 0.3 is 6.16 Å². The lowest BCUT2D eigenvalue weighted by molar-refractivity contribution is -0.527. The third-order valence-electron chi connectivity index (χ3n) is 2.65. The highest BCUT2D eigenvalue weighted by Gasteiger charge is 2.27. The number of nitrogens with two attached hydrogens (primary N) is 2. The third-order valence-corrected chi connectivity index (χ3v) is 2.65. The summed E-state index contributed by atoms with van der Waals surface area (Å²) < 4.78 is 0. The van der Waals surface area contributed by atoms with Crippen molar-refractivity contribution in [1.82, 2.24) is 0 Å². The van der Waals surface area contributed by atoms with E-state index in [0.29, 0.717) is 25.3 Å². The molecule has 18 heavy (non-hydrogen) atoms. The fraction of sp³-hybridized carbons (Fsp3) is 0.778. The summed E-state index contributed by atoms with van der Waals surface area (Å²) in [7, 11) is 0. The van der Waals surface area contributed by atoms with E-state index in [9.17, 15) is 10.1 Å². The fourth-order valence-electron chi connectivity index (χ4n) is 1.77. The SMILES string of the molecule is NC(N)=NCC1CCC([N+](=O)[O-])CC1.O=C(O)O. The van der Waals surface area contributed by atoms with Crippen LogP contribution in [0.25, 0.3) is 0 Å². The Bertz CT molecular complexity index is 304. The molecule has 0 aromatic carbocycles. The second-order valence-corrected chi connectivity index (χ2v) is 4.01. The molecule has 0 aromatic rings. The lowest BCUT2D eigenvalue weighted by Crippen LogP contribution is -2.28. The predicted octanol–water partition coefficient (Wildman–Crippen LogP) is 0.318. The van der Waals surface area contributed by atoms with Crippen LogP contribution < -0.4 is 11.5 Å². The number of carboxylic acid groups (broad SMARTS) is 2. The van der Waals surface area contributed by atoms with Gasteiger partial charge in [0.1, 0.15) is 0 Å². The molecule has 0 atom stereocenters. The van der Waals surface area contributed by atoms with Gasteiger partial charge in [-0.2, -0.15) is 0 Å². The maximum Gasteiger partial charge on any atom is 0.503 e. The van der Waals surface area contributed by atoms with Gasteiger partial charge < -0.3 is 21.7 Å². The van der Waals surface area contributed by atoms with E-state index in [4.69, 9.17) is 26.5 Å². The molecule has 1 aliphatic rings. The molecule has 0 unspecified atom stereocenters. The van der Waals surface area contributed by atoms with Crippen molar-refractivity contribution in [3.05, 3.63) is 10.1 Å². The van der Waals surface area contributed by atoms with E-state index in [0.717, 1.165) is 12.8 Å². The Kier molecular flexibility index (Phi) is 7.17. The van der Waals surface area contributed by atoms with Gasteiger partial charge in [-0.15, -0.1) is 0 Å². The molecule has 0 heterocycles. The molecule has 0 spiro atoms. The number of rotatable bonds is 3. The highest BCUT2D eigenvalue weighted by molar-refractivity contribution is 5.75. The number of nitro groups is 1. The first-order chi connectivity index (χ1) is 8.32. The first-order valence-corrected chi connectivity index (χ1v) is 5.43. The molecule has 104 valence electrons. The number of guanidine groups is 1. The summed E-state index contributed by atoms with van der Waals surface area (Å²) in [6, 6.07) is -0.356. The van der Waals surface area contributed by atoms with Crippen molar-refractivity contribution in [2.24, 2.45) is 22.4 Å². The van der Waals surface area contributed by atoms with Crippen molar-refractivity contribution < 1.29 is 19.9 Å². The second kappa shape index (κ2) is 8.09. The summed E-state index contributed by atoms with van der Waals surface area (Å²) in [6.07, 6.45) is 1.17. The molecule has 0 radical (unpaired) electrons. The van der Waals surface area contributed by atoms with E-state index in [1.165, 1.54) is 0 Å². The number of carbonyl (C=O) groups is 1. The van der Waals surface area contributed by atoms with Gasteiger partial charge in [-0.05, 0) is 18.8 Å². The zero-order valence-electron chi connectivity index (χ0n) is 9.86. The normalized spacial score (nSPS) is 22.2. The van der Waals surface area contributed by atoms with Crippen LogP contribution in [0.4, 0.5) is 4.79 Å². The Morgan fingerprint density at radius 2 is 1.72 bits per heavy atom. The smallest absolute Gasteiger partial charge is 0.450 e. The summed E-state index contributed by atoms with van der Waals surface area (Å²) in [5, 5.41) is 24.4. The van der Waals surface area contributed by atoms with Crippen LogP contribution in [0.1, 0.15) is 25.7 Å². The molecule has 9 nitrogen and oxygen atoms in total. The Hall–Kier alpha value is -2.06. The number of aliphatic imine (C=N–C) groups is 1. The Morgan fingerprint density at radius 3 is 2.06 bits per heavy atom. The molecular weight excluding hydrogens is 244 g/mol. The highest BCUT2D eigenvalue weighted by atomic mass is 16.6. The van der Waals surface area contributed by atoms with E-state index in [2.05, 4.69) is 4.99 Å². The van der Waals surface area contributed by atoms with Gasteiger partial charge in [-0.1, -0.05) is 0 Å². The van der Waals surface area contributed by atoms with E-state index < -0.39 is 6.16 Å². The van der Waals surface area contributed by atoms with Crippen molar-refractivity contribution in [3.63, 3.8) is 0 Å². The van der Waals surface area contributed by atoms with Crippen molar-refractivity contribution >= 4 is 12.1 Å². The monoisotopic (exact) mass is 262 g/mol. The minimum atomic E-state index is -1.83. The van der Waals surface area contributed by atoms with E-state index >= 15 is 0 Å². The zero-order valence-corrected chi connectivity index (χ0v) is 9.86. The van der Waals surface area contributed by atoms with Crippen molar-refractivity contribution in [1.29, 1.82) is 0 Å². The van der Waals surface area contributed by atoms with Gasteiger partial charge in [0.05, 0.1) is 0 Å². The van der Waals surface area contributed by atoms with Gasteiger partial charge in [0, 0.05) is 24.3 Å². The first-order valence-electron chi connectivity index (χ1n) is 5.43. The summed E-state index contributed by atoms with van der Waals surface area (Å²) in [5.41, 5.74) is 10.4. The third kappa shape index (κ3) is 8.13. The largest absolute Gasteiger partial charge is 0.503 e. The molecule has 0 saturated heterocycles. The molecule has 0 amide bonds. The van der Waals surface area contributed by atoms with Crippen LogP contribution in [0.2, 0.25) is 0 Å². The molecule has 1 fully saturated rings. The van der Waals surface area contributed by atoms with Crippen LogP contribution in [0.5, 0.6) is 0 Å². The molecule has 1 saturated carbocycles. The average Bonchev–Trinajstić information content (AvgIpc) is 2.26. The van der Waals surface area contributed by atoms with Crippen LogP contribution in [0.15, 0.2) is 4.99 Å². The van der Waals surface area contributed by atoms with Crippen LogP contribution >= 0.6 is 0 Å². The molecule has 9 heteroatoms. The minimum Gasteiger partial charge on any atom is -0.450 e. The van der Waals surface area contributed by atoms with Crippen LogP contribution in [0.3, 0.4) is 0 Å². The lowest BCUT2D eigenvalue weighted by atomic mass is 9.86. The summed E-state index contributed by atoms with van der Waals surface area (Å²) in [6.45, 7) is 0.604.